The van der Waals surface area contributed by atoms with Crippen LogP contribution < -0.4 is 0 Å². The molecule has 0 aromatic rings. The smallest absolute Gasteiger partial charge is 0.192 e. The van der Waals surface area contributed by atoms with Crippen molar-refractivity contribution in [1.29, 1.82) is 0 Å². The second kappa shape index (κ2) is 8.52. The van der Waals surface area contributed by atoms with Crippen LogP contribution in [0.1, 0.15) is 39.0 Å². The van der Waals surface area contributed by atoms with Gasteiger partial charge in [0.15, 0.2) is 8.03 Å². The van der Waals surface area contributed by atoms with Crippen molar-refractivity contribution in [3.8, 4) is 0 Å². The van der Waals surface area contributed by atoms with Gasteiger partial charge in [0.05, 0.1) is 0 Å². The summed E-state index contributed by atoms with van der Waals surface area (Å²) < 4.78 is 11.6. The Morgan fingerprint density at radius 1 is 1.42 bits per heavy atom. The van der Waals surface area contributed by atoms with Crippen molar-refractivity contribution in [3.63, 3.8) is 0 Å². The quantitative estimate of drug-likeness (QED) is 0.339. The molecule has 2 unspecified atom stereocenters. The van der Waals surface area contributed by atoms with Crippen LogP contribution in [-0.4, -0.2) is 15.0 Å². The lowest BCUT2D eigenvalue weighted by atomic mass is 10.1. The summed E-state index contributed by atoms with van der Waals surface area (Å²) in [5.74, 6) is 0. The predicted molar refractivity (Wildman–Crippen MR) is 62.7 cm³/mol. The monoisotopic (exact) mass is 304 g/mol. The molecule has 0 fully saturated rings. The van der Waals surface area contributed by atoms with Crippen LogP contribution in [0.2, 0.25) is 0 Å². The molecule has 0 aliphatic heterocycles. The van der Waals surface area contributed by atoms with E-state index >= 15 is 0 Å². The van der Waals surface area contributed by atoms with Crippen molar-refractivity contribution in [1.82, 2.24) is 0 Å². The Balaban J connectivity index is 3.38. The van der Waals surface area contributed by atoms with Gasteiger partial charge in [-0.15, -0.1) is 0 Å². The first-order chi connectivity index (χ1) is 5.72. The Hall–Kier alpha value is 0.920. The molecule has 0 radical (unpaired) electrons. The largest absolute Gasteiger partial charge is 0.346 e. The minimum absolute atomic E-state index is 0.0625. The molecule has 0 aromatic carbocycles. The molecule has 0 amide bonds. The van der Waals surface area contributed by atoms with Crippen LogP contribution in [-0.2, 0) is 4.57 Å². The van der Waals surface area contributed by atoms with Gasteiger partial charge in [-0.3, -0.25) is 4.57 Å². The zero-order valence-corrected chi connectivity index (χ0v) is 10.7. The standard InChI is InChI=1S/C8H18IO2P/c1-2-3-4-5-6-8(7-9)12(10)11/h8,12H,2-7H2,1H3,(H,10,11). The number of hydrogen-bond acceptors (Lipinski definition) is 1. The lowest BCUT2D eigenvalue weighted by Crippen LogP contribution is -2.03. The van der Waals surface area contributed by atoms with E-state index in [1.54, 1.807) is 0 Å². The summed E-state index contributed by atoms with van der Waals surface area (Å²) in [6.45, 7) is 2.17. The Morgan fingerprint density at radius 3 is 2.50 bits per heavy atom. The van der Waals surface area contributed by atoms with Gasteiger partial charge in [0, 0.05) is 10.1 Å². The Bertz CT molecular complexity index is 130. The van der Waals surface area contributed by atoms with E-state index in [4.69, 9.17) is 4.89 Å². The lowest BCUT2D eigenvalue weighted by Gasteiger charge is -2.08. The number of halogens is 1. The molecule has 0 aliphatic carbocycles. The Kier molecular flexibility index (Phi) is 9.17. The Labute approximate surface area is 89.1 Å². The fourth-order valence-corrected chi connectivity index (χ4v) is 3.24. The van der Waals surface area contributed by atoms with Gasteiger partial charge in [-0.2, -0.15) is 0 Å². The highest BCUT2D eigenvalue weighted by molar-refractivity contribution is 14.1. The number of alkyl halides is 1. The van der Waals surface area contributed by atoms with Crippen LogP contribution in [0.5, 0.6) is 0 Å². The first kappa shape index (κ1) is 12.9. The zero-order chi connectivity index (χ0) is 9.40. The lowest BCUT2D eigenvalue weighted by molar-refractivity contribution is 0.485. The van der Waals surface area contributed by atoms with E-state index in [9.17, 15) is 4.57 Å². The Morgan fingerprint density at radius 2 is 2.08 bits per heavy atom. The van der Waals surface area contributed by atoms with Gasteiger partial charge in [-0.25, -0.2) is 0 Å². The highest BCUT2D eigenvalue weighted by Gasteiger charge is 2.11. The fraction of sp³-hybridized carbons (Fsp3) is 1.00. The molecule has 0 rings (SSSR count). The first-order valence-corrected chi connectivity index (χ1v) is 7.47. The average molecular weight is 304 g/mol. The summed E-state index contributed by atoms with van der Waals surface area (Å²) >= 11 is 2.19. The van der Waals surface area contributed by atoms with Gasteiger partial charge in [0.1, 0.15) is 0 Å². The minimum atomic E-state index is -2.27. The second-order valence-electron chi connectivity index (χ2n) is 3.04. The van der Waals surface area contributed by atoms with Crippen LogP contribution >= 0.6 is 30.6 Å². The molecule has 0 aromatic heterocycles. The minimum Gasteiger partial charge on any atom is -0.346 e. The molecule has 0 heterocycles. The molecular weight excluding hydrogens is 286 g/mol. The molecule has 0 aliphatic rings. The second-order valence-corrected chi connectivity index (χ2v) is 5.41. The maximum absolute atomic E-state index is 10.8. The van der Waals surface area contributed by atoms with Crippen molar-refractivity contribution in [2.24, 2.45) is 0 Å². The third kappa shape index (κ3) is 6.44. The molecular formula is C8H18IO2P. The van der Waals surface area contributed by atoms with Crippen LogP contribution in [0, 0.1) is 0 Å². The van der Waals surface area contributed by atoms with Gasteiger partial charge in [0.25, 0.3) is 0 Å². The fourth-order valence-electron chi connectivity index (χ4n) is 1.08. The molecule has 4 heteroatoms. The molecule has 0 bridgehead atoms. The third-order valence-corrected chi connectivity index (χ3v) is 5.03. The van der Waals surface area contributed by atoms with Crippen LogP contribution in [0.3, 0.4) is 0 Å². The summed E-state index contributed by atoms with van der Waals surface area (Å²) in [4.78, 5) is 8.91. The summed E-state index contributed by atoms with van der Waals surface area (Å²) in [5.41, 5.74) is 0.0625. The molecule has 2 nitrogen and oxygen atoms in total. The number of hydrogen-bond donors (Lipinski definition) is 1. The predicted octanol–water partition coefficient (Wildman–Crippen LogP) is 3.23. The highest BCUT2D eigenvalue weighted by atomic mass is 127. The third-order valence-electron chi connectivity index (χ3n) is 1.94. The van der Waals surface area contributed by atoms with E-state index in [2.05, 4.69) is 29.5 Å². The normalized spacial score (nSPS) is 15.9. The molecule has 1 N–H and O–H groups in total. The number of unbranched alkanes of at least 4 members (excludes halogenated alkanes) is 3. The van der Waals surface area contributed by atoms with Crippen molar-refractivity contribution in [3.05, 3.63) is 0 Å². The van der Waals surface area contributed by atoms with E-state index in [1.165, 1.54) is 19.3 Å². The molecule has 0 saturated heterocycles. The first-order valence-electron chi connectivity index (χ1n) is 4.51. The summed E-state index contributed by atoms with van der Waals surface area (Å²) in [7, 11) is -2.27. The van der Waals surface area contributed by atoms with Crippen LogP contribution in [0.15, 0.2) is 0 Å². The topological polar surface area (TPSA) is 37.3 Å². The summed E-state index contributed by atoms with van der Waals surface area (Å²) in [5, 5.41) is 0. The maximum atomic E-state index is 10.8. The van der Waals surface area contributed by atoms with E-state index in [1.807, 2.05) is 0 Å². The zero-order valence-electron chi connectivity index (χ0n) is 7.55. The van der Waals surface area contributed by atoms with Gasteiger partial charge < -0.3 is 4.89 Å². The molecule has 12 heavy (non-hydrogen) atoms. The van der Waals surface area contributed by atoms with Crippen LogP contribution in [0.25, 0.3) is 0 Å². The van der Waals surface area contributed by atoms with Gasteiger partial charge >= 0.3 is 0 Å². The van der Waals surface area contributed by atoms with E-state index in [-0.39, 0.29) is 5.66 Å². The molecule has 74 valence electrons. The molecule has 0 saturated carbocycles. The van der Waals surface area contributed by atoms with Crippen molar-refractivity contribution < 1.29 is 9.46 Å². The van der Waals surface area contributed by atoms with Gasteiger partial charge in [0.2, 0.25) is 0 Å². The SMILES string of the molecule is CCCCCCC(CI)[PH](=O)O. The van der Waals surface area contributed by atoms with E-state index in [0.717, 1.165) is 17.3 Å². The van der Waals surface area contributed by atoms with Crippen molar-refractivity contribution >= 4 is 30.6 Å². The maximum Gasteiger partial charge on any atom is 0.192 e. The summed E-state index contributed by atoms with van der Waals surface area (Å²) in [6.07, 6.45) is 5.72. The average Bonchev–Trinajstić information content (AvgIpc) is 2.04. The number of rotatable bonds is 7. The van der Waals surface area contributed by atoms with E-state index in [0.29, 0.717) is 0 Å². The van der Waals surface area contributed by atoms with E-state index < -0.39 is 8.03 Å². The van der Waals surface area contributed by atoms with Gasteiger partial charge in [-0.05, 0) is 6.42 Å². The van der Waals surface area contributed by atoms with Crippen LogP contribution in [0.4, 0.5) is 0 Å². The van der Waals surface area contributed by atoms with Crippen molar-refractivity contribution in [2.45, 2.75) is 44.7 Å². The highest BCUT2D eigenvalue weighted by Crippen LogP contribution is 2.28. The summed E-state index contributed by atoms with van der Waals surface area (Å²) in [6, 6.07) is 0. The molecule has 0 spiro atoms. The van der Waals surface area contributed by atoms with Crippen molar-refractivity contribution in [2.75, 3.05) is 4.43 Å². The molecule has 2 atom stereocenters. The van der Waals surface area contributed by atoms with Gasteiger partial charge in [-0.1, -0.05) is 55.2 Å².